The molecule has 7 heteroatoms. The Morgan fingerprint density at radius 3 is 3.00 bits per heavy atom. The number of aliphatic hydroxyl groups excluding tert-OH is 1. The molecule has 0 spiro atoms. The van der Waals surface area contributed by atoms with Gasteiger partial charge in [0.2, 0.25) is 11.7 Å². The summed E-state index contributed by atoms with van der Waals surface area (Å²) in [4.78, 5) is 4.28. The van der Waals surface area contributed by atoms with Crippen molar-refractivity contribution < 1.29 is 14.0 Å². The highest BCUT2D eigenvalue weighted by Crippen LogP contribution is 2.29. The smallest absolute Gasteiger partial charge is 0.244 e. The summed E-state index contributed by atoms with van der Waals surface area (Å²) in [6.07, 6.45) is 0.157. The molecule has 19 heavy (non-hydrogen) atoms. The van der Waals surface area contributed by atoms with Crippen LogP contribution in [0.5, 0.6) is 0 Å². The van der Waals surface area contributed by atoms with Gasteiger partial charge in [0.05, 0.1) is 12.1 Å². The fraction of sp³-hybridized carbons (Fsp3) is 0.333. The Hall–Kier alpha value is -1.31. The number of hydrogen-bond acceptors (Lipinski definition) is 5. The summed E-state index contributed by atoms with van der Waals surface area (Å²) < 4.78 is 18.8. The van der Waals surface area contributed by atoms with Crippen LogP contribution in [0, 0.1) is 5.82 Å². The summed E-state index contributed by atoms with van der Waals surface area (Å²) >= 11 is 3.27. The summed E-state index contributed by atoms with van der Waals surface area (Å²) in [5, 5.41) is 16.4. The first-order chi connectivity index (χ1) is 9.13. The molecule has 5 nitrogen and oxygen atoms in total. The minimum atomic E-state index is -0.391. The quantitative estimate of drug-likeness (QED) is 0.883. The number of nitrogens with zero attached hydrogens (tertiary/aromatic N) is 2. The molecular weight excluding hydrogens is 317 g/mol. The molecule has 1 saturated heterocycles. The highest BCUT2D eigenvalue weighted by atomic mass is 79.9. The van der Waals surface area contributed by atoms with Crippen molar-refractivity contribution in [2.45, 2.75) is 18.6 Å². The lowest BCUT2D eigenvalue weighted by Crippen LogP contribution is -2.15. The second-order valence-corrected chi connectivity index (χ2v) is 5.29. The molecule has 0 saturated carbocycles. The van der Waals surface area contributed by atoms with E-state index < -0.39 is 6.10 Å². The van der Waals surface area contributed by atoms with Crippen LogP contribution in [0.1, 0.15) is 18.4 Å². The molecule has 2 atom stereocenters. The molecule has 2 N–H and O–H groups in total. The zero-order chi connectivity index (χ0) is 13.4. The molecule has 0 bridgehead atoms. The van der Waals surface area contributed by atoms with Crippen molar-refractivity contribution in [3.05, 3.63) is 34.4 Å². The number of nitrogens with one attached hydrogen (secondary N) is 1. The van der Waals surface area contributed by atoms with Crippen molar-refractivity contribution in [2.24, 2.45) is 0 Å². The van der Waals surface area contributed by atoms with E-state index in [1.54, 1.807) is 6.07 Å². The highest BCUT2D eigenvalue weighted by molar-refractivity contribution is 9.10. The molecule has 2 aromatic rings. The Bertz CT molecular complexity index is 604. The molecule has 0 amide bonds. The average Bonchev–Trinajstić information content (AvgIpc) is 2.97. The van der Waals surface area contributed by atoms with Crippen LogP contribution in [0.4, 0.5) is 4.39 Å². The van der Waals surface area contributed by atoms with Gasteiger partial charge < -0.3 is 14.9 Å². The van der Waals surface area contributed by atoms with Gasteiger partial charge in [-0.1, -0.05) is 5.16 Å². The first-order valence-corrected chi connectivity index (χ1v) is 6.63. The van der Waals surface area contributed by atoms with Crippen molar-refractivity contribution >= 4 is 15.9 Å². The van der Waals surface area contributed by atoms with Crippen LogP contribution < -0.4 is 5.32 Å². The summed E-state index contributed by atoms with van der Waals surface area (Å²) in [7, 11) is 0. The molecule has 1 aromatic carbocycles. The second-order valence-electron chi connectivity index (χ2n) is 4.43. The van der Waals surface area contributed by atoms with Crippen LogP contribution in [0.15, 0.2) is 27.2 Å². The molecule has 1 aromatic heterocycles. The summed E-state index contributed by atoms with van der Waals surface area (Å²) in [6.45, 7) is 0.516. The minimum Gasteiger partial charge on any atom is -0.392 e. The van der Waals surface area contributed by atoms with E-state index in [2.05, 4.69) is 31.4 Å². The van der Waals surface area contributed by atoms with Crippen LogP contribution in [0.25, 0.3) is 11.4 Å². The fourth-order valence-electron chi connectivity index (χ4n) is 2.06. The average molecular weight is 328 g/mol. The lowest BCUT2D eigenvalue weighted by molar-refractivity contribution is 0.191. The Kier molecular flexibility index (Phi) is 3.34. The van der Waals surface area contributed by atoms with Crippen molar-refractivity contribution in [1.82, 2.24) is 15.5 Å². The van der Waals surface area contributed by atoms with E-state index in [-0.39, 0.29) is 11.9 Å². The summed E-state index contributed by atoms with van der Waals surface area (Å²) in [5.74, 6) is 0.493. The van der Waals surface area contributed by atoms with Gasteiger partial charge in [-0.3, -0.25) is 0 Å². The molecule has 2 heterocycles. The van der Waals surface area contributed by atoms with Gasteiger partial charge in [-0.15, -0.1) is 0 Å². The predicted octanol–water partition coefficient (Wildman–Crippen LogP) is 2.03. The molecule has 2 unspecified atom stereocenters. The summed E-state index contributed by atoms with van der Waals surface area (Å²) in [6, 6.07) is 4.15. The molecule has 1 aliphatic rings. The number of benzene rings is 1. The zero-order valence-corrected chi connectivity index (χ0v) is 11.4. The van der Waals surface area contributed by atoms with E-state index >= 15 is 0 Å². The molecular formula is C12H11BrFN3O2. The standard InChI is InChI=1S/C12H11BrFN3O2/c13-9-3-6(14)1-2-8(9)11-16-12(19-17-11)10-4-7(18)5-15-10/h1-3,7,10,15,18H,4-5H2. The van der Waals surface area contributed by atoms with E-state index in [0.717, 1.165) is 0 Å². The first-order valence-electron chi connectivity index (χ1n) is 5.84. The predicted molar refractivity (Wildman–Crippen MR) is 68.8 cm³/mol. The van der Waals surface area contributed by atoms with Gasteiger partial charge in [-0.05, 0) is 40.5 Å². The number of halogens is 2. The Morgan fingerprint density at radius 2 is 2.32 bits per heavy atom. The molecule has 0 aliphatic carbocycles. The van der Waals surface area contributed by atoms with Crippen LogP contribution in [-0.4, -0.2) is 27.9 Å². The van der Waals surface area contributed by atoms with Gasteiger partial charge in [0.25, 0.3) is 0 Å². The lowest BCUT2D eigenvalue weighted by Gasteiger charge is -2.02. The number of aliphatic hydroxyl groups is 1. The third kappa shape index (κ3) is 2.54. The van der Waals surface area contributed by atoms with Crippen LogP contribution >= 0.6 is 15.9 Å². The summed E-state index contributed by atoms with van der Waals surface area (Å²) in [5.41, 5.74) is 0.662. The van der Waals surface area contributed by atoms with Crippen molar-refractivity contribution in [3.8, 4) is 11.4 Å². The van der Waals surface area contributed by atoms with Crippen molar-refractivity contribution in [3.63, 3.8) is 0 Å². The number of hydrogen-bond donors (Lipinski definition) is 2. The van der Waals surface area contributed by atoms with E-state index in [9.17, 15) is 9.50 Å². The third-order valence-electron chi connectivity index (χ3n) is 3.02. The number of rotatable bonds is 2. The number of aromatic nitrogens is 2. The van der Waals surface area contributed by atoms with Gasteiger partial charge in [0, 0.05) is 16.6 Å². The van der Waals surface area contributed by atoms with Crippen molar-refractivity contribution in [1.29, 1.82) is 0 Å². The van der Waals surface area contributed by atoms with Crippen LogP contribution in [0.2, 0.25) is 0 Å². The first kappa shape index (κ1) is 12.7. The van der Waals surface area contributed by atoms with E-state index in [0.29, 0.717) is 34.7 Å². The van der Waals surface area contributed by atoms with Gasteiger partial charge >= 0.3 is 0 Å². The second kappa shape index (κ2) is 4.99. The Morgan fingerprint density at radius 1 is 1.47 bits per heavy atom. The Labute approximate surface area is 117 Å². The highest BCUT2D eigenvalue weighted by Gasteiger charge is 2.28. The van der Waals surface area contributed by atoms with E-state index in [4.69, 9.17) is 4.52 Å². The van der Waals surface area contributed by atoms with Gasteiger partial charge in [0.1, 0.15) is 5.82 Å². The topological polar surface area (TPSA) is 71.2 Å². The lowest BCUT2D eigenvalue weighted by atomic mass is 10.2. The van der Waals surface area contributed by atoms with E-state index in [1.807, 2.05) is 0 Å². The van der Waals surface area contributed by atoms with Crippen LogP contribution in [0.3, 0.4) is 0 Å². The normalized spacial score (nSPS) is 22.9. The molecule has 1 aliphatic heterocycles. The van der Waals surface area contributed by atoms with Crippen LogP contribution in [-0.2, 0) is 0 Å². The molecule has 3 rings (SSSR count). The van der Waals surface area contributed by atoms with E-state index in [1.165, 1.54) is 12.1 Å². The zero-order valence-electron chi connectivity index (χ0n) is 9.81. The van der Waals surface area contributed by atoms with Gasteiger partial charge in [-0.2, -0.15) is 4.98 Å². The largest absolute Gasteiger partial charge is 0.392 e. The monoisotopic (exact) mass is 327 g/mol. The van der Waals surface area contributed by atoms with Crippen molar-refractivity contribution in [2.75, 3.05) is 6.54 Å². The Balaban J connectivity index is 1.88. The SMILES string of the molecule is OC1CNC(c2nc(-c3ccc(F)cc3Br)no2)C1. The molecule has 100 valence electrons. The maximum Gasteiger partial charge on any atom is 0.244 e. The van der Waals surface area contributed by atoms with Gasteiger partial charge in [-0.25, -0.2) is 4.39 Å². The van der Waals surface area contributed by atoms with Gasteiger partial charge in [0.15, 0.2) is 0 Å². The fourth-order valence-corrected chi connectivity index (χ4v) is 2.59. The third-order valence-corrected chi connectivity index (χ3v) is 3.68. The minimum absolute atomic E-state index is 0.129. The molecule has 1 fully saturated rings. The maximum atomic E-state index is 13.0. The number of β-amino-alcohol motifs (C(OH)–C–C–N with tert-alkyl or cyclic N) is 1. The maximum absolute atomic E-state index is 13.0. The molecule has 0 radical (unpaired) electrons.